The van der Waals surface area contributed by atoms with Gasteiger partial charge in [-0.3, -0.25) is 9.78 Å². The van der Waals surface area contributed by atoms with E-state index in [1.54, 1.807) is 6.07 Å². The summed E-state index contributed by atoms with van der Waals surface area (Å²) in [6.45, 7) is 0.844. The molecule has 0 bridgehead atoms. The summed E-state index contributed by atoms with van der Waals surface area (Å²) in [6.07, 6.45) is 7.75. The van der Waals surface area contributed by atoms with E-state index in [4.69, 9.17) is 16.6 Å². The summed E-state index contributed by atoms with van der Waals surface area (Å²) in [5.41, 5.74) is 5.64. The van der Waals surface area contributed by atoms with Gasteiger partial charge in [-0.1, -0.05) is 11.6 Å². The number of nitrogens with zero attached hydrogens (tertiary/aromatic N) is 2. The number of rotatable bonds is 7. The minimum absolute atomic E-state index is 0.0709. The molecule has 1 aliphatic rings. The van der Waals surface area contributed by atoms with Gasteiger partial charge >= 0.3 is 0 Å². The van der Waals surface area contributed by atoms with Gasteiger partial charge in [-0.05, 0) is 80.8 Å². The maximum absolute atomic E-state index is 10.9. The number of hydrogen-bond donors (Lipinski definition) is 2. The van der Waals surface area contributed by atoms with Crippen LogP contribution in [0.1, 0.15) is 53.1 Å². The van der Waals surface area contributed by atoms with Gasteiger partial charge in [-0.2, -0.15) is 0 Å². The molecular weight excluding hydrogens is 386 g/mol. The number of fused-ring (bicyclic) bond motifs is 2. The van der Waals surface area contributed by atoms with Crippen LogP contribution in [0.3, 0.4) is 0 Å². The Kier molecular flexibility index (Phi) is 5.95. The first-order valence-corrected chi connectivity index (χ1v) is 10.5. The fraction of sp³-hybridized carbons (Fsp3) is 0.348. The van der Waals surface area contributed by atoms with E-state index in [0.29, 0.717) is 6.29 Å². The first-order valence-electron chi connectivity index (χ1n) is 10.1. The van der Waals surface area contributed by atoms with Crippen molar-refractivity contribution in [2.24, 2.45) is 0 Å². The van der Waals surface area contributed by atoms with Gasteiger partial charge < -0.3 is 10.4 Å². The summed E-state index contributed by atoms with van der Waals surface area (Å²) in [5.74, 6) is -0.0709. The number of benzene rings is 1. The van der Waals surface area contributed by atoms with Gasteiger partial charge in [-0.25, -0.2) is 4.98 Å². The van der Waals surface area contributed by atoms with Crippen LogP contribution in [-0.2, 0) is 19.3 Å². The Balaban J connectivity index is 1.44. The van der Waals surface area contributed by atoms with Crippen molar-refractivity contribution in [3.05, 3.63) is 58.0 Å². The van der Waals surface area contributed by atoms with E-state index in [1.807, 2.05) is 18.2 Å². The predicted molar refractivity (Wildman–Crippen MR) is 116 cm³/mol. The van der Waals surface area contributed by atoms with E-state index in [-0.39, 0.29) is 11.4 Å². The van der Waals surface area contributed by atoms with Crippen LogP contribution in [0.5, 0.6) is 5.75 Å². The molecule has 2 N–H and O–H groups in total. The van der Waals surface area contributed by atoms with E-state index in [2.05, 4.69) is 10.3 Å². The number of aryl methyl sites for hydroxylation is 2. The maximum atomic E-state index is 10.9. The molecule has 0 atom stereocenters. The topological polar surface area (TPSA) is 75.1 Å². The van der Waals surface area contributed by atoms with Crippen molar-refractivity contribution in [2.45, 2.75) is 44.9 Å². The molecule has 5 nitrogen and oxygen atoms in total. The van der Waals surface area contributed by atoms with Crippen LogP contribution in [0.2, 0.25) is 5.02 Å². The molecule has 0 aliphatic heterocycles. The quantitative estimate of drug-likeness (QED) is 0.418. The van der Waals surface area contributed by atoms with E-state index in [1.165, 1.54) is 35.9 Å². The number of aldehydes is 1. The smallest absolute Gasteiger partial charge is 0.172 e. The molecule has 0 spiro atoms. The standard InChI is InChI=1S/C23H24ClN3O2/c24-15-8-10-20-18(13-15)23(17-6-1-2-7-19(17)27-20)25-12-4-3-5-16-9-11-22(29)21(14-28)26-16/h8-11,13-14,29H,1-7,12H2,(H,25,27). The number of carbonyl (C=O) groups is 1. The highest BCUT2D eigenvalue weighted by Crippen LogP contribution is 2.34. The summed E-state index contributed by atoms with van der Waals surface area (Å²) in [7, 11) is 0. The molecule has 1 aromatic carbocycles. The molecule has 0 unspecified atom stereocenters. The van der Waals surface area contributed by atoms with Crippen LogP contribution >= 0.6 is 11.6 Å². The Morgan fingerprint density at radius 2 is 1.97 bits per heavy atom. The first-order chi connectivity index (χ1) is 14.2. The number of aromatic nitrogens is 2. The van der Waals surface area contributed by atoms with Gasteiger partial charge in [0.2, 0.25) is 0 Å². The van der Waals surface area contributed by atoms with Crippen LogP contribution < -0.4 is 5.32 Å². The van der Waals surface area contributed by atoms with Gasteiger partial charge in [0.15, 0.2) is 6.29 Å². The number of aromatic hydroxyl groups is 1. The maximum Gasteiger partial charge on any atom is 0.172 e. The van der Waals surface area contributed by atoms with E-state index in [0.717, 1.165) is 60.3 Å². The number of nitrogens with one attached hydrogen (secondary N) is 1. The monoisotopic (exact) mass is 409 g/mol. The molecule has 1 aliphatic carbocycles. The minimum Gasteiger partial charge on any atom is -0.506 e. The van der Waals surface area contributed by atoms with Crippen LogP contribution in [0.25, 0.3) is 10.9 Å². The number of anilines is 1. The Hall–Kier alpha value is -2.66. The van der Waals surface area contributed by atoms with Gasteiger partial charge in [0.25, 0.3) is 0 Å². The largest absolute Gasteiger partial charge is 0.506 e. The summed E-state index contributed by atoms with van der Waals surface area (Å²) in [6, 6.07) is 9.20. The van der Waals surface area contributed by atoms with E-state index in [9.17, 15) is 9.90 Å². The number of unbranched alkanes of at least 4 members (excludes halogenated alkanes) is 1. The third-order valence-electron chi connectivity index (χ3n) is 5.46. The zero-order valence-electron chi connectivity index (χ0n) is 16.2. The molecule has 29 heavy (non-hydrogen) atoms. The summed E-state index contributed by atoms with van der Waals surface area (Å²) in [4.78, 5) is 20.0. The normalized spacial score (nSPS) is 13.3. The lowest BCUT2D eigenvalue weighted by molar-refractivity contribution is 0.111. The molecule has 0 radical (unpaired) electrons. The summed E-state index contributed by atoms with van der Waals surface area (Å²) in [5, 5.41) is 15.0. The Labute approximate surface area is 175 Å². The predicted octanol–water partition coefficient (Wildman–Crippen LogP) is 5.11. The van der Waals surface area contributed by atoms with Gasteiger partial charge in [0, 0.05) is 34.0 Å². The van der Waals surface area contributed by atoms with Crippen molar-refractivity contribution in [3.8, 4) is 5.75 Å². The molecule has 0 saturated heterocycles. The second-order valence-electron chi connectivity index (χ2n) is 7.49. The molecule has 2 aromatic heterocycles. The second kappa shape index (κ2) is 8.78. The lowest BCUT2D eigenvalue weighted by Crippen LogP contribution is -2.12. The van der Waals surface area contributed by atoms with Gasteiger partial charge in [-0.15, -0.1) is 0 Å². The number of halogens is 1. The zero-order valence-corrected chi connectivity index (χ0v) is 17.0. The average molecular weight is 410 g/mol. The molecule has 4 rings (SSSR count). The van der Waals surface area contributed by atoms with Crippen LogP contribution in [0.4, 0.5) is 5.69 Å². The summed E-state index contributed by atoms with van der Waals surface area (Å²) >= 11 is 6.26. The molecule has 3 aromatic rings. The number of carbonyl (C=O) groups excluding carboxylic acids is 1. The van der Waals surface area contributed by atoms with Crippen molar-refractivity contribution in [3.63, 3.8) is 0 Å². The molecule has 0 fully saturated rings. The minimum atomic E-state index is -0.0709. The molecule has 0 saturated carbocycles. The highest BCUT2D eigenvalue weighted by Gasteiger charge is 2.18. The van der Waals surface area contributed by atoms with Crippen molar-refractivity contribution in [1.82, 2.24) is 9.97 Å². The average Bonchev–Trinajstić information content (AvgIpc) is 2.74. The Morgan fingerprint density at radius 1 is 1.10 bits per heavy atom. The van der Waals surface area contributed by atoms with E-state index >= 15 is 0 Å². The third kappa shape index (κ3) is 4.35. The SMILES string of the molecule is O=Cc1nc(CCCCNc2c3c(nc4ccc(Cl)cc24)CCCC3)ccc1O. The van der Waals surface area contributed by atoms with Crippen molar-refractivity contribution in [2.75, 3.05) is 11.9 Å². The van der Waals surface area contributed by atoms with Crippen molar-refractivity contribution >= 4 is 34.5 Å². The van der Waals surface area contributed by atoms with Crippen LogP contribution in [0.15, 0.2) is 30.3 Å². The molecule has 2 heterocycles. The second-order valence-corrected chi connectivity index (χ2v) is 7.93. The van der Waals surface area contributed by atoms with Crippen LogP contribution in [-0.4, -0.2) is 27.9 Å². The lowest BCUT2D eigenvalue weighted by Gasteiger charge is -2.22. The highest BCUT2D eigenvalue weighted by molar-refractivity contribution is 6.31. The highest BCUT2D eigenvalue weighted by atomic mass is 35.5. The third-order valence-corrected chi connectivity index (χ3v) is 5.69. The van der Waals surface area contributed by atoms with Gasteiger partial charge in [0.05, 0.1) is 5.52 Å². The number of pyridine rings is 2. The fourth-order valence-electron chi connectivity index (χ4n) is 3.98. The summed E-state index contributed by atoms with van der Waals surface area (Å²) < 4.78 is 0. The number of hydrogen-bond acceptors (Lipinski definition) is 5. The molecule has 0 amide bonds. The lowest BCUT2D eigenvalue weighted by atomic mass is 9.92. The van der Waals surface area contributed by atoms with Crippen molar-refractivity contribution < 1.29 is 9.90 Å². The Morgan fingerprint density at radius 3 is 2.83 bits per heavy atom. The zero-order chi connectivity index (χ0) is 20.2. The Bertz CT molecular complexity index is 1050. The fourth-order valence-corrected chi connectivity index (χ4v) is 4.15. The first kappa shape index (κ1) is 19.6. The van der Waals surface area contributed by atoms with Crippen LogP contribution in [0, 0.1) is 0 Å². The van der Waals surface area contributed by atoms with Gasteiger partial charge in [0.1, 0.15) is 11.4 Å². The van der Waals surface area contributed by atoms with E-state index < -0.39 is 0 Å². The molecule has 150 valence electrons. The molecule has 6 heteroatoms. The molecular formula is C23H24ClN3O2. The van der Waals surface area contributed by atoms with Crippen molar-refractivity contribution in [1.29, 1.82) is 0 Å².